The van der Waals surface area contributed by atoms with Crippen LogP contribution in [-0.2, 0) is 25.5 Å². The van der Waals surface area contributed by atoms with Crippen LogP contribution >= 0.6 is 22.6 Å². The highest BCUT2D eigenvalue weighted by molar-refractivity contribution is 14.1. The van der Waals surface area contributed by atoms with Crippen LogP contribution in [0.15, 0.2) is 30.3 Å². The monoisotopic (exact) mass is 610 g/mol. The highest BCUT2D eigenvalue weighted by Gasteiger charge is 2.33. The van der Waals surface area contributed by atoms with E-state index in [9.17, 15) is 18.8 Å². The Labute approximate surface area is 221 Å². The first-order valence-electron chi connectivity index (χ1n) is 11.3. The number of nitrogens with one attached hydrogen (secondary N) is 1. The number of hydrogen-bond acceptors (Lipinski definition) is 7. The lowest BCUT2D eigenvalue weighted by molar-refractivity contribution is -0.167. The topological polar surface area (TPSA) is 112 Å². The average molecular weight is 610 g/mol. The molecule has 1 amide bonds. The summed E-state index contributed by atoms with van der Waals surface area (Å²) < 4.78 is 26.3. The minimum atomic E-state index is -1.03. The van der Waals surface area contributed by atoms with Crippen molar-refractivity contribution in [3.8, 4) is 0 Å². The molecule has 3 aromatic rings. The van der Waals surface area contributed by atoms with Crippen LogP contribution in [0, 0.1) is 16.4 Å². The van der Waals surface area contributed by atoms with Gasteiger partial charge in [-0.25, -0.2) is 18.7 Å². The van der Waals surface area contributed by atoms with E-state index in [0.717, 1.165) is 0 Å². The summed E-state index contributed by atoms with van der Waals surface area (Å²) in [6.45, 7) is 8.96. The molecule has 0 saturated heterocycles. The number of ketones is 1. The number of Topliss-reactive ketones (excluding diaryl/α,β-unsaturated/α-hetero) is 1. The van der Waals surface area contributed by atoms with E-state index < -0.39 is 23.6 Å². The fourth-order valence-electron chi connectivity index (χ4n) is 3.46. The quantitative estimate of drug-likeness (QED) is 0.223. The summed E-state index contributed by atoms with van der Waals surface area (Å²) in [6.07, 6.45) is -0.962. The first kappa shape index (κ1) is 27.7. The maximum Gasteiger partial charge on any atom is 0.340 e. The van der Waals surface area contributed by atoms with Gasteiger partial charge in [-0.1, -0.05) is 12.1 Å². The van der Waals surface area contributed by atoms with Gasteiger partial charge < -0.3 is 14.8 Å². The van der Waals surface area contributed by atoms with E-state index in [1.165, 1.54) is 34.8 Å². The van der Waals surface area contributed by atoms with E-state index in [1.807, 2.05) is 43.4 Å². The van der Waals surface area contributed by atoms with E-state index in [1.54, 1.807) is 13.8 Å². The molecule has 0 aliphatic heterocycles. The zero-order valence-electron chi connectivity index (χ0n) is 20.7. The Hall–Kier alpha value is -2.93. The zero-order valence-corrected chi connectivity index (χ0v) is 22.9. The smallest absolute Gasteiger partial charge is 0.340 e. The number of benzene rings is 1. The van der Waals surface area contributed by atoms with Gasteiger partial charge in [-0.05, 0) is 74.9 Å². The van der Waals surface area contributed by atoms with Crippen LogP contribution in [-0.4, -0.2) is 51.0 Å². The molecule has 0 bridgehead atoms. The van der Waals surface area contributed by atoms with Gasteiger partial charge in [0.25, 0.3) is 5.91 Å². The third kappa shape index (κ3) is 6.84. The van der Waals surface area contributed by atoms with Crippen LogP contribution < -0.4 is 5.32 Å². The van der Waals surface area contributed by atoms with Crippen LogP contribution in [0.5, 0.6) is 0 Å². The number of ether oxygens (including phenoxy) is 2. The van der Waals surface area contributed by atoms with Crippen molar-refractivity contribution < 1.29 is 28.2 Å². The highest BCUT2D eigenvalue weighted by atomic mass is 127. The fraction of sp³-hybridized carbons (Fsp3) is 0.400. The predicted molar refractivity (Wildman–Crippen MR) is 138 cm³/mol. The van der Waals surface area contributed by atoms with Gasteiger partial charge in [0.05, 0.1) is 18.8 Å². The van der Waals surface area contributed by atoms with E-state index in [4.69, 9.17) is 9.47 Å². The third-order valence-corrected chi connectivity index (χ3v) is 6.04. The molecule has 3 rings (SSSR count). The number of carbonyl (C=O) groups is 3. The van der Waals surface area contributed by atoms with Gasteiger partial charge >= 0.3 is 5.97 Å². The van der Waals surface area contributed by atoms with E-state index in [-0.39, 0.29) is 36.9 Å². The molecule has 0 unspecified atom stereocenters. The molecule has 0 saturated carbocycles. The minimum Gasteiger partial charge on any atom is -0.464 e. The van der Waals surface area contributed by atoms with Gasteiger partial charge in [-0.3, -0.25) is 9.59 Å². The number of carbonyl (C=O) groups excluding carboxylic acids is 3. The van der Waals surface area contributed by atoms with Crippen LogP contribution in [0.1, 0.15) is 61.1 Å². The lowest BCUT2D eigenvalue weighted by atomic mass is 10.1. The Balaban J connectivity index is 1.82. The number of aromatic nitrogens is 3. The summed E-state index contributed by atoms with van der Waals surface area (Å²) in [6, 6.07) is 7.11. The maximum absolute atomic E-state index is 13.0. The molecule has 2 aromatic heterocycles. The maximum atomic E-state index is 13.0. The molecule has 0 fully saturated rings. The summed E-state index contributed by atoms with van der Waals surface area (Å²) in [5.41, 5.74) is 1.52. The lowest BCUT2D eigenvalue weighted by Crippen LogP contribution is -2.31. The third-order valence-electron chi connectivity index (χ3n) is 5.00. The number of halogens is 2. The van der Waals surface area contributed by atoms with Crippen molar-refractivity contribution in [2.24, 2.45) is 0 Å². The summed E-state index contributed by atoms with van der Waals surface area (Å²) in [4.78, 5) is 42.2. The molecule has 0 aliphatic carbocycles. The molecule has 1 atom stereocenters. The van der Waals surface area contributed by atoms with Gasteiger partial charge in [0.2, 0.25) is 0 Å². The van der Waals surface area contributed by atoms with E-state index in [2.05, 4.69) is 15.4 Å². The number of fused-ring (bicyclic) bond motifs is 1. The normalized spacial score (nSPS) is 12.4. The summed E-state index contributed by atoms with van der Waals surface area (Å²) in [5, 5.41) is 6.91. The van der Waals surface area contributed by atoms with Crippen molar-refractivity contribution in [2.75, 3.05) is 13.2 Å². The molecule has 9 nitrogen and oxygen atoms in total. The highest BCUT2D eigenvalue weighted by Crippen LogP contribution is 2.31. The van der Waals surface area contributed by atoms with Crippen molar-refractivity contribution in [1.82, 2.24) is 19.9 Å². The number of esters is 1. The molecule has 1 N–H and O–H groups in total. The molecule has 11 heteroatoms. The molecule has 1 aromatic carbocycles. The van der Waals surface area contributed by atoms with Crippen LogP contribution in [0.25, 0.3) is 5.65 Å². The number of hydrogen-bond donors (Lipinski definition) is 1. The fourth-order valence-corrected chi connectivity index (χ4v) is 4.49. The Morgan fingerprint density at radius 2 is 1.86 bits per heavy atom. The first-order chi connectivity index (χ1) is 16.9. The van der Waals surface area contributed by atoms with Crippen LogP contribution in [0.4, 0.5) is 4.39 Å². The predicted octanol–water partition coefficient (Wildman–Crippen LogP) is 3.74. The second kappa shape index (κ2) is 11.4. The number of nitrogens with zero attached hydrogens (tertiary/aromatic N) is 3. The SMILES string of the molecule is CCOC(=O)[C@@H](OC(C)(C)C)c1c(C)nc2cc(C(=O)NCC(=O)Cc3ccc(F)cc3)nn2c1I. The molecule has 192 valence electrons. The van der Waals surface area contributed by atoms with Crippen molar-refractivity contribution >= 4 is 45.9 Å². The van der Waals surface area contributed by atoms with E-state index >= 15 is 0 Å². The molecule has 2 heterocycles. The van der Waals surface area contributed by atoms with Crippen molar-refractivity contribution in [1.29, 1.82) is 0 Å². The largest absolute Gasteiger partial charge is 0.464 e. The summed E-state index contributed by atoms with van der Waals surface area (Å²) >= 11 is 2.04. The Morgan fingerprint density at radius 1 is 1.19 bits per heavy atom. The van der Waals surface area contributed by atoms with Gasteiger partial charge in [-0.15, -0.1) is 0 Å². The summed E-state index contributed by atoms with van der Waals surface area (Å²) in [7, 11) is 0. The van der Waals surface area contributed by atoms with Gasteiger partial charge in [0, 0.05) is 23.7 Å². The Morgan fingerprint density at radius 3 is 2.47 bits per heavy atom. The van der Waals surface area contributed by atoms with Crippen LogP contribution in [0.3, 0.4) is 0 Å². The minimum absolute atomic E-state index is 0.0657. The molecular weight excluding hydrogens is 582 g/mol. The molecule has 0 spiro atoms. The second-order valence-corrected chi connectivity index (χ2v) is 10.1. The Kier molecular flexibility index (Phi) is 8.77. The van der Waals surface area contributed by atoms with Crippen molar-refractivity contribution in [3.05, 3.63) is 62.4 Å². The molecular formula is C25H28FIN4O5. The number of aryl methyl sites for hydroxylation is 1. The van der Waals surface area contributed by atoms with Gasteiger partial charge in [-0.2, -0.15) is 5.10 Å². The van der Waals surface area contributed by atoms with Gasteiger partial charge in [0.15, 0.2) is 23.2 Å². The van der Waals surface area contributed by atoms with Crippen molar-refractivity contribution in [2.45, 2.75) is 52.7 Å². The zero-order chi connectivity index (χ0) is 26.6. The van der Waals surface area contributed by atoms with Crippen LogP contribution in [0.2, 0.25) is 0 Å². The van der Waals surface area contributed by atoms with Gasteiger partial charge in [0.1, 0.15) is 9.52 Å². The Bertz CT molecular complexity index is 1280. The summed E-state index contributed by atoms with van der Waals surface area (Å²) in [5.74, 6) is -1.71. The first-order valence-corrected chi connectivity index (χ1v) is 12.4. The average Bonchev–Trinajstić information content (AvgIpc) is 3.22. The second-order valence-electron chi connectivity index (χ2n) is 9.09. The molecule has 36 heavy (non-hydrogen) atoms. The van der Waals surface area contributed by atoms with E-state index in [0.29, 0.717) is 26.2 Å². The number of amides is 1. The number of rotatable bonds is 9. The van der Waals surface area contributed by atoms with Crippen molar-refractivity contribution in [3.63, 3.8) is 0 Å². The molecule has 0 aliphatic rings. The molecule has 0 radical (unpaired) electrons. The lowest BCUT2D eigenvalue weighted by Gasteiger charge is -2.27. The standard InChI is InChI=1S/C25H28FIN4O5/c1-6-35-24(34)21(36-25(3,4)5)20-14(2)29-19-12-18(30-31(19)22(20)27)23(33)28-13-17(32)11-15-7-9-16(26)10-8-15/h7-10,12,21H,6,11,13H2,1-5H3,(H,28,33)/t21-/m0/s1.